The Morgan fingerprint density at radius 2 is 1.62 bits per heavy atom. The molecule has 0 aromatic heterocycles. The molecule has 0 unspecified atom stereocenters. The average molecular weight is 344 g/mol. The van der Waals surface area contributed by atoms with Crippen LogP contribution in [0.25, 0.3) is 0 Å². The lowest BCUT2D eigenvalue weighted by Crippen LogP contribution is -2.32. The number of halogens is 1. The highest BCUT2D eigenvalue weighted by Crippen LogP contribution is 2.14. The smallest absolute Gasteiger partial charge is 0.318 e. The second kappa shape index (κ2) is 8.26. The van der Waals surface area contributed by atoms with Gasteiger partial charge in [0.05, 0.1) is 6.21 Å². The molecule has 2 aromatic rings. The molecule has 2 amide bonds. The van der Waals surface area contributed by atoms with Crippen molar-refractivity contribution in [3.63, 3.8) is 0 Å². The van der Waals surface area contributed by atoms with E-state index in [0.29, 0.717) is 16.6 Å². The van der Waals surface area contributed by atoms with E-state index in [9.17, 15) is 9.59 Å². The van der Waals surface area contributed by atoms with Crippen molar-refractivity contribution in [1.82, 2.24) is 5.43 Å². The van der Waals surface area contributed by atoms with Crippen LogP contribution in [0.2, 0.25) is 5.02 Å². The first-order chi connectivity index (χ1) is 11.5. The van der Waals surface area contributed by atoms with Gasteiger partial charge in [-0.25, -0.2) is 5.43 Å². The zero-order chi connectivity index (χ0) is 17.5. The van der Waals surface area contributed by atoms with E-state index in [1.165, 1.54) is 11.8 Å². The van der Waals surface area contributed by atoms with E-state index < -0.39 is 11.8 Å². The second-order valence-electron chi connectivity index (χ2n) is 5.48. The molecular weight excluding hydrogens is 326 g/mol. The summed E-state index contributed by atoms with van der Waals surface area (Å²) in [6.45, 7) is 4.23. The quantitative estimate of drug-likeness (QED) is 0.506. The van der Waals surface area contributed by atoms with Crippen LogP contribution < -0.4 is 10.7 Å². The third-order valence-corrected chi connectivity index (χ3v) is 3.54. The molecule has 5 nitrogen and oxygen atoms in total. The second-order valence-corrected chi connectivity index (χ2v) is 5.92. The Kier molecular flexibility index (Phi) is 6.09. The summed E-state index contributed by atoms with van der Waals surface area (Å²) in [4.78, 5) is 23.4. The third kappa shape index (κ3) is 5.21. The minimum atomic E-state index is -0.847. The zero-order valence-electron chi connectivity index (χ0n) is 13.4. The summed E-state index contributed by atoms with van der Waals surface area (Å²) < 4.78 is 0. The van der Waals surface area contributed by atoms with Crippen molar-refractivity contribution in [2.45, 2.75) is 19.8 Å². The molecule has 0 aliphatic carbocycles. The number of carbonyl (C=O) groups is 2. The van der Waals surface area contributed by atoms with Crippen LogP contribution in [0.4, 0.5) is 5.69 Å². The number of benzene rings is 2. The molecule has 2 rings (SSSR count). The van der Waals surface area contributed by atoms with Crippen molar-refractivity contribution >= 4 is 35.3 Å². The fourth-order valence-electron chi connectivity index (χ4n) is 1.90. The number of anilines is 1. The van der Waals surface area contributed by atoms with E-state index in [2.05, 4.69) is 29.7 Å². The number of hydrogen-bond acceptors (Lipinski definition) is 3. The fourth-order valence-corrected chi connectivity index (χ4v) is 2.03. The molecule has 0 saturated carbocycles. The summed E-state index contributed by atoms with van der Waals surface area (Å²) in [7, 11) is 0. The normalized spacial score (nSPS) is 10.8. The summed E-state index contributed by atoms with van der Waals surface area (Å²) >= 11 is 5.75. The van der Waals surface area contributed by atoms with Crippen LogP contribution in [0.5, 0.6) is 0 Å². The molecule has 0 bridgehead atoms. The van der Waals surface area contributed by atoms with Crippen LogP contribution in [-0.2, 0) is 9.59 Å². The Labute approximate surface area is 145 Å². The van der Waals surface area contributed by atoms with Gasteiger partial charge >= 0.3 is 11.8 Å². The molecule has 0 saturated heterocycles. The first-order valence-corrected chi connectivity index (χ1v) is 7.83. The molecule has 0 spiro atoms. The molecule has 6 heteroatoms. The van der Waals surface area contributed by atoms with Gasteiger partial charge in [-0.05, 0) is 41.3 Å². The monoisotopic (exact) mass is 343 g/mol. The Balaban J connectivity index is 1.87. The largest absolute Gasteiger partial charge is 0.329 e. The molecule has 24 heavy (non-hydrogen) atoms. The highest BCUT2D eigenvalue weighted by molar-refractivity contribution is 6.39. The predicted molar refractivity (Wildman–Crippen MR) is 96.3 cm³/mol. The van der Waals surface area contributed by atoms with Gasteiger partial charge in [0.15, 0.2) is 0 Å². The van der Waals surface area contributed by atoms with Crippen LogP contribution in [0, 0.1) is 0 Å². The highest BCUT2D eigenvalue weighted by atomic mass is 35.5. The third-order valence-electron chi connectivity index (χ3n) is 3.29. The van der Waals surface area contributed by atoms with Crippen molar-refractivity contribution in [2.75, 3.05) is 5.32 Å². The Hall–Kier alpha value is -2.66. The van der Waals surface area contributed by atoms with Crippen LogP contribution in [0.15, 0.2) is 53.6 Å². The molecule has 0 heterocycles. The van der Waals surface area contributed by atoms with Gasteiger partial charge in [-0.1, -0.05) is 49.7 Å². The first-order valence-electron chi connectivity index (χ1n) is 7.45. The summed E-state index contributed by atoms with van der Waals surface area (Å²) in [5, 5.41) is 6.79. The molecule has 124 valence electrons. The van der Waals surface area contributed by atoms with Crippen molar-refractivity contribution < 1.29 is 9.59 Å². The minimum Gasteiger partial charge on any atom is -0.318 e. The van der Waals surface area contributed by atoms with Crippen LogP contribution in [0.1, 0.15) is 30.9 Å². The van der Waals surface area contributed by atoms with E-state index in [4.69, 9.17) is 11.6 Å². The van der Waals surface area contributed by atoms with Crippen LogP contribution >= 0.6 is 11.6 Å². The maximum Gasteiger partial charge on any atom is 0.329 e. The standard InChI is InChI=1S/C18H18ClN3O2/c1-12(2)14-5-3-13(4-6-14)11-20-22-18(24)17(23)21-16-9-7-15(19)8-10-16/h3-12H,1-2H3,(H,21,23)(H,22,24)/b20-11+. The Bertz CT molecular complexity index is 738. The van der Waals surface area contributed by atoms with E-state index in [-0.39, 0.29) is 0 Å². The molecular formula is C18H18ClN3O2. The topological polar surface area (TPSA) is 70.6 Å². The van der Waals surface area contributed by atoms with Crippen LogP contribution in [-0.4, -0.2) is 18.0 Å². The number of nitrogens with one attached hydrogen (secondary N) is 2. The lowest BCUT2D eigenvalue weighted by Gasteiger charge is -2.05. The first kappa shape index (κ1) is 17.7. The van der Waals surface area contributed by atoms with Gasteiger partial charge < -0.3 is 5.32 Å². The molecule has 0 radical (unpaired) electrons. The van der Waals surface area contributed by atoms with E-state index >= 15 is 0 Å². The number of rotatable bonds is 4. The molecule has 0 aliphatic heterocycles. The SMILES string of the molecule is CC(C)c1ccc(/C=N/NC(=O)C(=O)Nc2ccc(Cl)cc2)cc1. The maximum atomic E-state index is 11.7. The van der Waals surface area contributed by atoms with Crippen molar-refractivity contribution in [3.05, 3.63) is 64.7 Å². The van der Waals surface area contributed by atoms with Crippen molar-refractivity contribution in [1.29, 1.82) is 0 Å². The highest BCUT2D eigenvalue weighted by Gasteiger charge is 2.12. The molecule has 0 fully saturated rings. The average Bonchev–Trinajstić information content (AvgIpc) is 2.57. The van der Waals surface area contributed by atoms with Gasteiger partial charge in [0.2, 0.25) is 0 Å². The zero-order valence-corrected chi connectivity index (χ0v) is 14.2. The molecule has 2 aromatic carbocycles. The van der Waals surface area contributed by atoms with Gasteiger partial charge in [-0.15, -0.1) is 0 Å². The van der Waals surface area contributed by atoms with E-state index in [1.54, 1.807) is 24.3 Å². The van der Waals surface area contributed by atoms with Gasteiger partial charge in [-0.2, -0.15) is 5.10 Å². The number of hydrazone groups is 1. The number of carbonyl (C=O) groups excluding carboxylic acids is 2. The molecule has 0 aliphatic rings. The molecule has 0 atom stereocenters. The lowest BCUT2D eigenvalue weighted by atomic mass is 10.0. The number of nitrogens with zero attached hydrogens (tertiary/aromatic N) is 1. The van der Waals surface area contributed by atoms with E-state index in [1.807, 2.05) is 24.3 Å². The van der Waals surface area contributed by atoms with Gasteiger partial charge in [0.1, 0.15) is 0 Å². The summed E-state index contributed by atoms with van der Waals surface area (Å²) in [6.07, 6.45) is 1.48. The fraction of sp³-hybridized carbons (Fsp3) is 0.167. The Morgan fingerprint density at radius 3 is 2.21 bits per heavy atom. The van der Waals surface area contributed by atoms with Gasteiger partial charge in [-0.3, -0.25) is 9.59 Å². The Morgan fingerprint density at radius 1 is 1.00 bits per heavy atom. The summed E-state index contributed by atoms with van der Waals surface area (Å²) in [5.41, 5.74) is 4.72. The summed E-state index contributed by atoms with van der Waals surface area (Å²) in [5.74, 6) is -1.20. The minimum absolute atomic E-state index is 0.451. The van der Waals surface area contributed by atoms with Crippen molar-refractivity contribution in [3.8, 4) is 0 Å². The predicted octanol–water partition coefficient (Wildman–Crippen LogP) is 3.55. The molecule has 2 N–H and O–H groups in total. The van der Waals surface area contributed by atoms with Crippen molar-refractivity contribution in [2.24, 2.45) is 5.10 Å². The van der Waals surface area contributed by atoms with Gasteiger partial charge in [0.25, 0.3) is 0 Å². The van der Waals surface area contributed by atoms with Crippen LogP contribution in [0.3, 0.4) is 0 Å². The summed E-state index contributed by atoms with van der Waals surface area (Å²) in [6, 6.07) is 14.3. The lowest BCUT2D eigenvalue weighted by molar-refractivity contribution is -0.136. The van der Waals surface area contributed by atoms with E-state index in [0.717, 1.165) is 5.56 Å². The number of hydrogen-bond donors (Lipinski definition) is 2. The number of amides is 2. The van der Waals surface area contributed by atoms with Gasteiger partial charge in [0, 0.05) is 10.7 Å². The maximum absolute atomic E-state index is 11.7.